The molecule has 1 amide bonds. The lowest BCUT2D eigenvalue weighted by Crippen LogP contribution is -2.32. The monoisotopic (exact) mass is 308 g/mol. The van der Waals surface area contributed by atoms with E-state index in [9.17, 15) is 13.2 Å². The van der Waals surface area contributed by atoms with E-state index in [0.29, 0.717) is 17.2 Å². The van der Waals surface area contributed by atoms with Crippen molar-refractivity contribution in [2.45, 2.75) is 12.2 Å². The maximum Gasteiger partial charge on any atom is 0.243 e. The molecule has 0 spiro atoms. The van der Waals surface area contributed by atoms with E-state index >= 15 is 0 Å². The van der Waals surface area contributed by atoms with E-state index in [-0.39, 0.29) is 0 Å². The van der Waals surface area contributed by atoms with Crippen LogP contribution in [-0.4, -0.2) is 35.6 Å². The number of nitrogen functional groups attached to an aromatic ring is 1. The van der Waals surface area contributed by atoms with Crippen LogP contribution >= 0.6 is 0 Å². The molecule has 1 aromatic heterocycles. The Morgan fingerprint density at radius 1 is 1.29 bits per heavy atom. The first kappa shape index (κ1) is 15.0. The Bertz CT molecular complexity index is 750. The number of amides is 1. The lowest BCUT2D eigenvalue weighted by Gasteiger charge is -2.12. The van der Waals surface area contributed by atoms with E-state index in [2.05, 4.69) is 10.4 Å². The minimum atomic E-state index is -3.45. The third-order valence-electron chi connectivity index (χ3n) is 3.04. The normalized spacial score (nSPS) is 12.9. The summed E-state index contributed by atoms with van der Waals surface area (Å²) in [5.41, 5.74) is 6.94. The van der Waals surface area contributed by atoms with Crippen LogP contribution in [0.2, 0.25) is 0 Å². The van der Waals surface area contributed by atoms with E-state index in [4.69, 9.17) is 5.73 Å². The summed E-state index contributed by atoms with van der Waals surface area (Å²) < 4.78 is 24.3. The topological polar surface area (TPSA) is 107 Å². The average Bonchev–Trinajstić information content (AvgIpc) is 2.85. The lowest BCUT2D eigenvalue weighted by atomic mass is 10.3. The van der Waals surface area contributed by atoms with Gasteiger partial charge in [0.2, 0.25) is 5.91 Å². The quantitative estimate of drug-likeness (QED) is 0.813. The van der Waals surface area contributed by atoms with Crippen molar-refractivity contribution in [3.05, 3.63) is 36.5 Å². The molecule has 1 atom stereocenters. The van der Waals surface area contributed by atoms with Crippen LogP contribution in [0, 0.1) is 0 Å². The summed E-state index contributed by atoms with van der Waals surface area (Å²) in [7, 11) is -3.45. The summed E-state index contributed by atoms with van der Waals surface area (Å²) in [6.45, 7) is 1.34. The minimum Gasteiger partial charge on any atom is -0.399 e. The summed E-state index contributed by atoms with van der Waals surface area (Å²) in [6.07, 6.45) is 2.53. The Hall–Kier alpha value is -2.35. The Balaban J connectivity index is 2.25. The van der Waals surface area contributed by atoms with Gasteiger partial charge in [0.05, 0.1) is 11.9 Å². The van der Waals surface area contributed by atoms with Crippen molar-refractivity contribution in [1.29, 1.82) is 0 Å². The molecule has 8 heteroatoms. The maximum absolute atomic E-state index is 11.9. The van der Waals surface area contributed by atoms with E-state index in [0.717, 1.165) is 6.26 Å². The fourth-order valence-electron chi connectivity index (χ4n) is 1.64. The van der Waals surface area contributed by atoms with Crippen molar-refractivity contribution in [3.63, 3.8) is 0 Å². The number of nitrogens with zero attached hydrogens (tertiary/aromatic N) is 2. The highest BCUT2D eigenvalue weighted by atomic mass is 32.2. The molecule has 0 aliphatic rings. The molecule has 2 rings (SSSR count). The van der Waals surface area contributed by atoms with Crippen LogP contribution in [0.4, 0.5) is 11.5 Å². The maximum atomic E-state index is 11.9. The average molecular weight is 308 g/mol. The van der Waals surface area contributed by atoms with E-state index in [1.807, 2.05) is 0 Å². The number of benzene rings is 1. The standard InChI is InChI=1S/C13H16N4O3S/c1-9(21(2,19)20)13(18)16-12-7-8-15-17(12)11-5-3-10(14)4-6-11/h3-9H,14H2,1-2H3,(H,16,18). The summed E-state index contributed by atoms with van der Waals surface area (Å²) in [5.74, 6) is -0.213. The summed E-state index contributed by atoms with van der Waals surface area (Å²) in [4.78, 5) is 11.9. The van der Waals surface area contributed by atoms with Crippen LogP contribution < -0.4 is 11.1 Å². The summed E-state index contributed by atoms with van der Waals surface area (Å²) in [5, 5.41) is 5.53. The predicted octanol–water partition coefficient (Wildman–Crippen LogP) is 0.826. The first-order chi connectivity index (χ1) is 9.79. The van der Waals surface area contributed by atoms with Crippen molar-refractivity contribution >= 4 is 27.2 Å². The summed E-state index contributed by atoms with van der Waals surface area (Å²) >= 11 is 0. The molecule has 0 bridgehead atoms. The van der Waals surface area contributed by atoms with Crippen molar-refractivity contribution in [2.75, 3.05) is 17.3 Å². The van der Waals surface area contributed by atoms with Gasteiger partial charge in [-0.2, -0.15) is 5.10 Å². The molecule has 0 saturated heterocycles. The zero-order valence-electron chi connectivity index (χ0n) is 11.6. The molecule has 7 nitrogen and oxygen atoms in total. The molecule has 0 aliphatic carbocycles. The van der Waals surface area contributed by atoms with Crippen LogP contribution in [0.3, 0.4) is 0 Å². The van der Waals surface area contributed by atoms with E-state index in [1.54, 1.807) is 30.3 Å². The van der Waals surface area contributed by atoms with Crippen molar-refractivity contribution in [1.82, 2.24) is 9.78 Å². The van der Waals surface area contributed by atoms with Gasteiger partial charge in [0.1, 0.15) is 11.1 Å². The molecule has 1 heterocycles. The van der Waals surface area contributed by atoms with Gasteiger partial charge in [-0.3, -0.25) is 4.79 Å². The molecular weight excluding hydrogens is 292 g/mol. The third kappa shape index (κ3) is 3.40. The molecule has 1 aromatic carbocycles. The molecule has 0 radical (unpaired) electrons. The second-order valence-corrected chi connectivity index (χ2v) is 7.05. The third-order valence-corrected chi connectivity index (χ3v) is 4.54. The number of anilines is 2. The second-order valence-electron chi connectivity index (χ2n) is 4.68. The molecule has 1 unspecified atom stereocenters. The number of hydrogen-bond donors (Lipinski definition) is 2. The number of nitrogens with one attached hydrogen (secondary N) is 1. The zero-order chi connectivity index (χ0) is 15.6. The van der Waals surface area contributed by atoms with Gasteiger partial charge in [0, 0.05) is 18.0 Å². The Morgan fingerprint density at radius 2 is 1.90 bits per heavy atom. The van der Waals surface area contributed by atoms with Gasteiger partial charge >= 0.3 is 0 Å². The Labute approximate surface area is 122 Å². The highest BCUT2D eigenvalue weighted by Crippen LogP contribution is 2.16. The zero-order valence-corrected chi connectivity index (χ0v) is 12.5. The minimum absolute atomic E-state index is 0.389. The van der Waals surface area contributed by atoms with Gasteiger partial charge in [-0.25, -0.2) is 13.1 Å². The van der Waals surface area contributed by atoms with Gasteiger partial charge in [0.25, 0.3) is 0 Å². The number of aromatic nitrogens is 2. The first-order valence-corrected chi connectivity index (χ1v) is 8.14. The number of carbonyl (C=O) groups is 1. The fourth-order valence-corrected chi connectivity index (χ4v) is 2.09. The first-order valence-electron chi connectivity index (χ1n) is 6.18. The Kier molecular flexibility index (Phi) is 3.99. The highest BCUT2D eigenvalue weighted by Gasteiger charge is 2.24. The van der Waals surface area contributed by atoms with Gasteiger partial charge in [-0.05, 0) is 31.2 Å². The number of rotatable bonds is 4. The van der Waals surface area contributed by atoms with Gasteiger partial charge < -0.3 is 11.1 Å². The predicted molar refractivity (Wildman–Crippen MR) is 80.9 cm³/mol. The van der Waals surface area contributed by atoms with Crippen LogP contribution in [-0.2, 0) is 14.6 Å². The van der Waals surface area contributed by atoms with Crippen LogP contribution in [0.5, 0.6) is 0 Å². The molecule has 3 N–H and O–H groups in total. The fraction of sp³-hybridized carbons (Fsp3) is 0.231. The number of hydrogen-bond acceptors (Lipinski definition) is 5. The SMILES string of the molecule is CC(C(=O)Nc1ccnn1-c1ccc(N)cc1)S(C)(=O)=O. The number of sulfone groups is 1. The molecule has 112 valence electrons. The molecule has 2 aromatic rings. The Morgan fingerprint density at radius 3 is 2.48 bits per heavy atom. The van der Waals surface area contributed by atoms with E-state index in [1.165, 1.54) is 17.8 Å². The van der Waals surface area contributed by atoms with Crippen molar-refractivity contribution in [2.24, 2.45) is 0 Å². The van der Waals surface area contributed by atoms with Crippen molar-refractivity contribution in [3.8, 4) is 5.69 Å². The molecular formula is C13H16N4O3S. The molecule has 0 aliphatic heterocycles. The molecule has 0 saturated carbocycles. The van der Waals surface area contributed by atoms with E-state index < -0.39 is 21.0 Å². The summed E-state index contributed by atoms with van der Waals surface area (Å²) in [6, 6.07) is 8.50. The largest absolute Gasteiger partial charge is 0.399 e. The molecule has 21 heavy (non-hydrogen) atoms. The van der Waals surface area contributed by atoms with Crippen LogP contribution in [0.1, 0.15) is 6.92 Å². The van der Waals surface area contributed by atoms with Gasteiger partial charge in [-0.15, -0.1) is 0 Å². The number of carbonyl (C=O) groups excluding carboxylic acids is 1. The van der Waals surface area contributed by atoms with Crippen LogP contribution in [0.25, 0.3) is 5.69 Å². The van der Waals surface area contributed by atoms with Gasteiger partial charge in [-0.1, -0.05) is 0 Å². The van der Waals surface area contributed by atoms with Crippen LogP contribution in [0.15, 0.2) is 36.5 Å². The number of nitrogens with two attached hydrogens (primary N) is 1. The van der Waals surface area contributed by atoms with Crippen molar-refractivity contribution < 1.29 is 13.2 Å². The van der Waals surface area contributed by atoms with Gasteiger partial charge in [0.15, 0.2) is 9.84 Å². The highest BCUT2D eigenvalue weighted by molar-refractivity contribution is 7.92. The lowest BCUT2D eigenvalue weighted by molar-refractivity contribution is -0.115. The smallest absolute Gasteiger partial charge is 0.243 e. The molecule has 0 fully saturated rings. The second kappa shape index (κ2) is 5.57.